The lowest BCUT2D eigenvalue weighted by Crippen LogP contribution is -2.57. The molecule has 0 fully saturated rings. The van der Waals surface area contributed by atoms with Gasteiger partial charge in [0.1, 0.15) is 6.54 Å². The summed E-state index contributed by atoms with van der Waals surface area (Å²) in [7, 11) is 0. The minimum Gasteiger partial charge on any atom is -0.362 e. The Balaban J connectivity index is 2.28. The minimum absolute atomic E-state index is 0.0463. The number of hydrazone groups is 1. The molecule has 1 amide bonds. The average Bonchev–Trinajstić information content (AvgIpc) is 2.90. The maximum atomic E-state index is 13.0. The van der Waals surface area contributed by atoms with Crippen LogP contribution in [0.3, 0.4) is 0 Å². The van der Waals surface area contributed by atoms with Gasteiger partial charge in [-0.2, -0.15) is 28.0 Å². The van der Waals surface area contributed by atoms with E-state index in [2.05, 4.69) is 10.2 Å². The van der Waals surface area contributed by atoms with E-state index in [1.54, 1.807) is 0 Å². The lowest BCUT2D eigenvalue weighted by atomic mass is 10.1. The fourth-order valence-electron chi connectivity index (χ4n) is 2.14. The number of hydrogen-bond donors (Lipinski definition) is 1. The van der Waals surface area contributed by atoms with E-state index in [-0.39, 0.29) is 16.4 Å². The van der Waals surface area contributed by atoms with Crippen LogP contribution in [0.4, 0.5) is 19.0 Å². The molecule has 2 heterocycles. The van der Waals surface area contributed by atoms with E-state index in [1.807, 2.05) is 0 Å². The summed E-state index contributed by atoms with van der Waals surface area (Å²) < 4.78 is 40.0. The van der Waals surface area contributed by atoms with Crippen molar-refractivity contribution in [2.45, 2.75) is 38.7 Å². The monoisotopic (exact) mass is 335 g/mol. The summed E-state index contributed by atoms with van der Waals surface area (Å²) in [5, 5.41) is 27.3. The number of aliphatic hydroxyl groups is 1. The van der Waals surface area contributed by atoms with E-state index < -0.39 is 41.5 Å². The SMILES string of the molecule is CC1=NN(C(=O)Cn2nc([N+](=O)[O-])cc2C)[C@@](O)(C(F)(F)F)C1. The van der Waals surface area contributed by atoms with Crippen LogP contribution in [0.15, 0.2) is 11.2 Å². The van der Waals surface area contributed by atoms with E-state index in [0.29, 0.717) is 0 Å². The first-order chi connectivity index (χ1) is 10.5. The summed E-state index contributed by atoms with van der Waals surface area (Å²) in [6, 6.07) is 1.07. The van der Waals surface area contributed by atoms with Crippen LogP contribution in [0.1, 0.15) is 19.0 Å². The molecule has 2 rings (SSSR count). The number of carbonyl (C=O) groups excluding carboxylic acids is 1. The van der Waals surface area contributed by atoms with Crippen molar-refractivity contribution in [3.05, 3.63) is 21.9 Å². The Kier molecular flexibility index (Phi) is 3.88. The first kappa shape index (κ1) is 16.9. The molecule has 0 aliphatic carbocycles. The van der Waals surface area contributed by atoms with Gasteiger partial charge >= 0.3 is 12.0 Å². The molecule has 0 bridgehead atoms. The van der Waals surface area contributed by atoms with Gasteiger partial charge in [-0.15, -0.1) is 0 Å². The van der Waals surface area contributed by atoms with Crippen molar-refractivity contribution in [1.82, 2.24) is 14.8 Å². The fraction of sp³-hybridized carbons (Fsp3) is 0.545. The van der Waals surface area contributed by atoms with Gasteiger partial charge in [0, 0.05) is 12.1 Å². The van der Waals surface area contributed by atoms with E-state index in [1.165, 1.54) is 13.8 Å². The second kappa shape index (κ2) is 5.30. The number of nitro groups is 1. The van der Waals surface area contributed by atoms with Gasteiger partial charge in [0.05, 0.1) is 16.9 Å². The molecule has 0 saturated carbocycles. The smallest absolute Gasteiger partial charge is 0.362 e. The normalized spacial score (nSPS) is 21.5. The third-order valence-electron chi connectivity index (χ3n) is 3.25. The molecular formula is C11H12F3N5O4. The summed E-state index contributed by atoms with van der Waals surface area (Å²) in [5.74, 6) is -1.73. The third kappa shape index (κ3) is 2.88. The van der Waals surface area contributed by atoms with Gasteiger partial charge in [0.2, 0.25) is 0 Å². The summed E-state index contributed by atoms with van der Waals surface area (Å²) in [5.41, 5.74) is -3.29. The van der Waals surface area contributed by atoms with Crippen LogP contribution < -0.4 is 0 Å². The van der Waals surface area contributed by atoms with Gasteiger partial charge in [0.15, 0.2) is 0 Å². The number of aryl methyl sites for hydroxylation is 1. The Labute approximate surface area is 127 Å². The molecule has 0 spiro atoms. The van der Waals surface area contributed by atoms with Crippen molar-refractivity contribution in [3.63, 3.8) is 0 Å². The number of amides is 1. The molecule has 0 unspecified atom stereocenters. The van der Waals surface area contributed by atoms with Crippen LogP contribution in [-0.4, -0.2) is 48.3 Å². The van der Waals surface area contributed by atoms with Crippen molar-refractivity contribution in [2.24, 2.45) is 5.10 Å². The molecule has 1 aromatic heterocycles. The number of nitrogens with zero attached hydrogens (tertiary/aromatic N) is 5. The van der Waals surface area contributed by atoms with E-state index in [0.717, 1.165) is 10.7 Å². The fourth-order valence-corrected chi connectivity index (χ4v) is 2.14. The number of carbonyl (C=O) groups is 1. The lowest BCUT2D eigenvalue weighted by molar-refractivity contribution is -0.389. The molecule has 9 nitrogen and oxygen atoms in total. The van der Waals surface area contributed by atoms with Crippen LogP contribution in [-0.2, 0) is 11.3 Å². The highest BCUT2D eigenvalue weighted by atomic mass is 19.4. The Morgan fingerprint density at radius 1 is 1.52 bits per heavy atom. The van der Waals surface area contributed by atoms with Crippen molar-refractivity contribution in [1.29, 1.82) is 0 Å². The molecule has 0 saturated heterocycles. The number of hydrogen-bond acceptors (Lipinski definition) is 6. The van der Waals surface area contributed by atoms with Crippen LogP contribution in [0.25, 0.3) is 0 Å². The number of rotatable bonds is 3. The molecule has 0 aromatic carbocycles. The molecular weight excluding hydrogens is 323 g/mol. The molecule has 126 valence electrons. The average molecular weight is 335 g/mol. The molecule has 12 heteroatoms. The Hall–Kier alpha value is -2.50. The highest BCUT2D eigenvalue weighted by Gasteiger charge is 2.62. The quantitative estimate of drug-likeness (QED) is 0.653. The molecule has 0 radical (unpaired) electrons. The van der Waals surface area contributed by atoms with Gasteiger partial charge < -0.3 is 15.2 Å². The standard InChI is InChI=1S/C11H12F3N5O4/c1-6-4-10(21,11(12,13)14)18(15-6)9(20)5-17-7(2)3-8(16-17)19(22)23/h3,21H,4-5H2,1-2H3/t10-/m0/s1. The first-order valence-corrected chi connectivity index (χ1v) is 6.31. The van der Waals surface area contributed by atoms with Crippen LogP contribution in [0.2, 0.25) is 0 Å². The Bertz CT molecular complexity index is 698. The predicted octanol–water partition coefficient (Wildman–Crippen LogP) is 0.959. The molecule has 1 aromatic rings. The van der Waals surface area contributed by atoms with Crippen LogP contribution >= 0.6 is 0 Å². The second-order valence-electron chi connectivity index (χ2n) is 5.09. The van der Waals surface area contributed by atoms with Crippen molar-refractivity contribution in [2.75, 3.05) is 0 Å². The van der Waals surface area contributed by atoms with Gasteiger partial charge in [-0.05, 0) is 18.8 Å². The van der Waals surface area contributed by atoms with E-state index in [9.17, 15) is 33.2 Å². The zero-order chi connectivity index (χ0) is 17.6. The highest BCUT2D eigenvalue weighted by Crippen LogP contribution is 2.40. The van der Waals surface area contributed by atoms with E-state index in [4.69, 9.17) is 0 Å². The molecule has 1 N–H and O–H groups in total. The zero-order valence-corrected chi connectivity index (χ0v) is 12.0. The van der Waals surface area contributed by atoms with Crippen molar-refractivity contribution < 1.29 is 28.0 Å². The summed E-state index contributed by atoms with van der Waals surface area (Å²) >= 11 is 0. The van der Waals surface area contributed by atoms with Gasteiger partial charge in [-0.25, -0.2) is 0 Å². The topological polar surface area (TPSA) is 114 Å². The minimum atomic E-state index is -5.10. The van der Waals surface area contributed by atoms with Crippen LogP contribution in [0.5, 0.6) is 0 Å². The molecule has 1 atom stereocenters. The third-order valence-corrected chi connectivity index (χ3v) is 3.25. The highest BCUT2D eigenvalue weighted by molar-refractivity contribution is 5.89. The Morgan fingerprint density at radius 3 is 2.61 bits per heavy atom. The zero-order valence-electron chi connectivity index (χ0n) is 12.0. The number of aromatic nitrogens is 2. The van der Waals surface area contributed by atoms with Crippen molar-refractivity contribution >= 4 is 17.4 Å². The van der Waals surface area contributed by atoms with Crippen molar-refractivity contribution in [3.8, 4) is 0 Å². The molecule has 1 aliphatic heterocycles. The van der Waals surface area contributed by atoms with E-state index >= 15 is 0 Å². The van der Waals surface area contributed by atoms with Crippen LogP contribution in [0, 0.1) is 17.0 Å². The second-order valence-corrected chi connectivity index (χ2v) is 5.09. The number of halogens is 3. The van der Waals surface area contributed by atoms with Gasteiger partial charge in [-0.3, -0.25) is 4.79 Å². The predicted molar refractivity (Wildman–Crippen MR) is 69.2 cm³/mol. The summed E-state index contributed by atoms with van der Waals surface area (Å²) in [6.45, 7) is 1.92. The number of alkyl halides is 3. The maximum Gasteiger partial charge on any atom is 0.438 e. The van der Waals surface area contributed by atoms with Gasteiger partial charge in [0.25, 0.3) is 11.6 Å². The first-order valence-electron chi connectivity index (χ1n) is 6.31. The van der Waals surface area contributed by atoms with Gasteiger partial charge in [-0.1, -0.05) is 0 Å². The Morgan fingerprint density at radius 2 is 2.13 bits per heavy atom. The lowest BCUT2D eigenvalue weighted by Gasteiger charge is -2.32. The summed E-state index contributed by atoms with van der Waals surface area (Å²) in [6.07, 6.45) is -5.96. The summed E-state index contributed by atoms with van der Waals surface area (Å²) in [4.78, 5) is 21.9. The molecule has 23 heavy (non-hydrogen) atoms. The largest absolute Gasteiger partial charge is 0.438 e. The molecule has 1 aliphatic rings. The maximum absolute atomic E-state index is 13.0.